The van der Waals surface area contributed by atoms with E-state index in [1.54, 1.807) is 30.5 Å². The summed E-state index contributed by atoms with van der Waals surface area (Å²) in [6.45, 7) is 5.30. The van der Waals surface area contributed by atoms with Gasteiger partial charge in [0.1, 0.15) is 0 Å². The SMILES string of the molecule is CCCOC1=CC(CNC=C2C(=O)NC(=O)c3ccc(Br)cc32)=CCC1(O)OCCC. The van der Waals surface area contributed by atoms with E-state index in [0.29, 0.717) is 42.2 Å². The standard InChI is InChI=1S/C23H27BrN2O5/c1-3-9-30-20-11-15(7-8-23(20,29)31-10-4-2)13-25-14-19-18-12-16(24)5-6-17(18)21(27)26-22(19)28/h5-7,11-12,14,25,29H,3-4,8-10,13H2,1-2H3,(H,26,27,28). The lowest BCUT2D eigenvalue weighted by Crippen LogP contribution is -2.38. The Morgan fingerprint density at radius 1 is 1.19 bits per heavy atom. The molecule has 31 heavy (non-hydrogen) atoms. The quantitative estimate of drug-likeness (QED) is 0.279. The summed E-state index contributed by atoms with van der Waals surface area (Å²) in [4.78, 5) is 24.4. The van der Waals surface area contributed by atoms with Gasteiger partial charge in [-0.2, -0.15) is 0 Å². The number of aliphatic hydroxyl groups is 1. The topological polar surface area (TPSA) is 96.9 Å². The summed E-state index contributed by atoms with van der Waals surface area (Å²) in [5.41, 5.74) is 2.29. The van der Waals surface area contributed by atoms with Crippen molar-refractivity contribution in [3.8, 4) is 0 Å². The maximum atomic E-state index is 12.4. The van der Waals surface area contributed by atoms with Crippen LogP contribution in [0.15, 0.2) is 52.4 Å². The second-order valence-corrected chi connectivity index (χ2v) is 8.30. The van der Waals surface area contributed by atoms with E-state index in [2.05, 4.69) is 26.6 Å². The predicted octanol–water partition coefficient (Wildman–Crippen LogP) is 3.41. The number of halogens is 1. The van der Waals surface area contributed by atoms with Gasteiger partial charge < -0.3 is 19.9 Å². The first-order valence-electron chi connectivity index (χ1n) is 10.4. The molecule has 1 atom stereocenters. The molecule has 1 aliphatic carbocycles. The number of carbonyl (C=O) groups is 2. The lowest BCUT2D eigenvalue weighted by Gasteiger charge is -2.32. The minimum absolute atomic E-state index is 0.279. The van der Waals surface area contributed by atoms with Crippen molar-refractivity contribution in [1.82, 2.24) is 10.6 Å². The molecular weight excluding hydrogens is 464 g/mol. The fraction of sp³-hybridized carbons (Fsp3) is 0.391. The largest absolute Gasteiger partial charge is 0.492 e. The Hall–Kier alpha value is -2.42. The summed E-state index contributed by atoms with van der Waals surface area (Å²) < 4.78 is 12.2. The number of hydrogen-bond acceptors (Lipinski definition) is 6. The molecule has 2 amide bonds. The zero-order chi connectivity index (χ0) is 22.4. The molecule has 0 aromatic heterocycles. The summed E-state index contributed by atoms with van der Waals surface area (Å²) in [6.07, 6.45) is 7.14. The Bertz CT molecular complexity index is 953. The maximum absolute atomic E-state index is 12.4. The number of rotatable bonds is 9. The van der Waals surface area contributed by atoms with Crippen molar-refractivity contribution < 1.29 is 24.2 Å². The van der Waals surface area contributed by atoms with Gasteiger partial charge in [-0.25, -0.2) is 0 Å². The van der Waals surface area contributed by atoms with Gasteiger partial charge in [0.25, 0.3) is 11.8 Å². The molecular formula is C23H27BrN2O5. The number of hydrogen-bond donors (Lipinski definition) is 3. The molecule has 3 N–H and O–H groups in total. The molecule has 7 nitrogen and oxygen atoms in total. The molecule has 3 rings (SSSR count). The Kier molecular flexibility index (Phi) is 7.69. The zero-order valence-electron chi connectivity index (χ0n) is 17.7. The molecule has 0 spiro atoms. The highest BCUT2D eigenvalue weighted by molar-refractivity contribution is 9.10. The second kappa shape index (κ2) is 10.3. The molecule has 0 radical (unpaired) electrons. The highest BCUT2D eigenvalue weighted by Crippen LogP contribution is 2.31. The van der Waals surface area contributed by atoms with Crippen LogP contribution in [0.4, 0.5) is 0 Å². The fourth-order valence-corrected chi connectivity index (χ4v) is 3.67. The molecule has 2 aliphatic rings. The maximum Gasteiger partial charge on any atom is 0.260 e. The summed E-state index contributed by atoms with van der Waals surface area (Å²) in [6, 6.07) is 5.19. The molecule has 1 aromatic rings. The van der Waals surface area contributed by atoms with Crippen molar-refractivity contribution in [3.05, 3.63) is 63.5 Å². The molecule has 1 heterocycles. The lowest BCUT2D eigenvalue weighted by atomic mass is 9.95. The van der Waals surface area contributed by atoms with Crippen LogP contribution in [0.25, 0.3) is 5.57 Å². The van der Waals surface area contributed by atoms with E-state index < -0.39 is 17.6 Å². The van der Waals surface area contributed by atoms with E-state index in [9.17, 15) is 14.7 Å². The predicted molar refractivity (Wildman–Crippen MR) is 121 cm³/mol. The smallest absolute Gasteiger partial charge is 0.260 e. The summed E-state index contributed by atoms with van der Waals surface area (Å²) in [7, 11) is 0. The number of fused-ring (bicyclic) bond motifs is 1. The fourth-order valence-electron chi connectivity index (χ4n) is 3.31. The Morgan fingerprint density at radius 3 is 2.71 bits per heavy atom. The summed E-state index contributed by atoms with van der Waals surface area (Å²) >= 11 is 3.39. The van der Waals surface area contributed by atoms with E-state index in [1.807, 2.05) is 19.9 Å². The minimum atomic E-state index is -1.46. The van der Waals surface area contributed by atoms with E-state index in [1.165, 1.54) is 0 Å². The van der Waals surface area contributed by atoms with Crippen LogP contribution in [-0.2, 0) is 14.3 Å². The number of ether oxygens (including phenoxy) is 2. The minimum Gasteiger partial charge on any atom is -0.492 e. The first-order valence-corrected chi connectivity index (χ1v) is 11.2. The van der Waals surface area contributed by atoms with E-state index >= 15 is 0 Å². The molecule has 8 heteroatoms. The molecule has 0 fully saturated rings. The Labute approximate surface area is 190 Å². The monoisotopic (exact) mass is 490 g/mol. The average molecular weight is 491 g/mol. The molecule has 1 aliphatic heterocycles. The van der Waals surface area contributed by atoms with E-state index in [0.717, 1.165) is 22.9 Å². The van der Waals surface area contributed by atoms with Gasteiger partial charge >= 0.3 is 0 Å². The van der Waals surface area contributed by atoms with Crippen molar-refractivity contribution in [1.29, 1.82) is 0 Å². The van der Waals surface area contributed by atoms with E-state index in [4.69, 9.17) is 9.47 Å². The summed E-state index contributed by atoms with van der Waals surface area (Å²) in [5.74, 6) is -1.93. The number of benzene rings is 1. The number of amides is 2. The van der Waals surface area contributed by atoms with Crippen LogP contribution in [0.5, 0.6) is 0 Å². The summed E-state index contributed by atoms with van der Waals surface area (Å²) in [5, 5.41) is 16.3. The molecule has 0 saturated heterocycles. The average Bonchev–Trinajstić information content (AvgIpc) is 2.74. The van der Waals surface area contributed by atoms with Crippen LogP contribution in [-0.4, -0.2) is 42.5 Å². The van der Waals surface area contributed by atoms with Crippen LogP contribution in [0.1, 0.15) is 49.0 Å². The highest BCUT2D eigenvalue weighted by atomic mass is 79.9. The first-order chi connectivity index (χ1) is 14.9. The van der Waals surface area contributed by atoms with Gasteiger partial charge in [-0.05, 0) is 42.7 Å². The number of carbonyl (C=O) groups excluding carboxylic acids is 2. The van der Waals surface area contributed by atoms with Gasteiger partial charge in [0, 0.05) is 34.8 Å². The van der Waals surface area contributed by atoms with Crippen LogP contribution in [0, 0.1) is 0 Å². The van der Waals surface area contributed by atoms with Gasteiger partial charge in [-0.3, -0.25) is 14.9 Å². The second-order valence-electron chi connectivity index (χ2n) is 7.39. The van der Waals surface area contributed by atoms with Crippen molar-refractivity contribution in [3.63, 3.8) is 0 Å². The van der Waals surface area contributed by atoms with Crippen molar-refractivity contribution in [2.45, 2.75) is 38.9 Å². The van der Waals surface area contributed by atoms with Gasteiger partial charge in [0.2, 0.25) is 5.79 Å². The van der Waals surface area contributed by atoms with Crippen molar-refractivity contribution >= 4 is 33.3 Å². The van der Waals surface area contributed by atoms with Gasteiger partial charge in [0.15, 0.2) is 5.76 Å². The third kappa shape index (κ3) is 5.44. The van der Waals surface area contributed by atoms with Gasteiger partial charge in [0.05, 0.1) is 18.8 Å². The molecule has 1 unspecified atom stereocenters. The third-order valence-electron chi connectivity index (χ3n) is 4.89. The normalized spacial score (nSPS) is 21.9. The first kappa shape index (κ1) is 23.2. The molecule has 0 saturated carbocycles. The number of imide groups is 1. The van der Waals surface area contributed by atoms with Gasteiger partial charge in [-0.15, -0.1) is 0 Å². The number of nitrogens with one attached hydrogen (secondary N) is 2. The van der Waals surface area contributed by atoms with Crippen LogP contribution in [0.3, 0.4) is 0 Å². The highest BCUT2D eigenvalue weighted by Gasteiger charge is 2.36. The Balaban J connectivity index is 1.75. The van der Waals surface area contributed by atoms with Crippen molar-refractivity contribution in [2.24, 2.45) is 0 Å². The van der Waals surface area contributed by atoms with Crippen LogP contribution in [0.2, 0.25) is 0 Å². The Morgan fingerprint density at radius 2 is 1.97 bits per heavy atom. The molecule has 166 valence electrons. The van der Waals surface area contributed by atoms with Crippen LogP contribution >= 0.6 is 15.9 Å². The molecule has 1 aromatic carbocycles. The van der Waals surface area contributed by atoms with Gasteiger partial charge in [-0.1, -0.05) is 35.9 Å². The molecule has 0 bridgehead atoms. The lowest BCUT2D eigenvalue weighted by molar-refractivity contribution is -0.198. The van der Waals surface area contributed by atoms with Crippen molar-refractivity contribution in [2.75, 3.05) is 19.8 Å². The zero-order valence-corrected chi connectivity index (χ0v) is 19.3. The van der Waals surface area contributed by atoms with Crippen LogP contribution < -0.4 is 10.6 Å². The third-order valence-corrected chi connectivity index (χ3v) is 5.38. The van der Waals surface area contributed by atoms with E-state index in [-0.39, 0.29) is 6.42 Å².